The Labute approximate surface area is 70.1 Å². The maximum atomic E-state index is 10.5. The van der Waals surface area contributed by atoms with E-state index in [0.717, 1.165) is 5.71 Å². The van der Waals surface area contributed by atoms with E-state index in [0.29, 0.717) is 5.82 Å². The van der Waals surface area contributed by atoms with Gasteiger partial charge in [0.1, 0.15) is 5.82 Å². The van der Waals surface area contributed by atoms with Crippen LogP contribution in [0.15, 0.2) is 17.0 Å². The van der Waals surface area contributed by atoms with Crippen molar-refractivity contribution >= 4 is 11.7 Å². The van der Waals surface area contributed by atoms with E-state index in [4.69, 9.17) is 5.73 Å². The van der Waals surface area contributed by atoms with Crippen molar-refractivity contribution in [2.45, 2.75) is 6.92 Å². The van der Waals surface area contributed by atoms with Crippen LogP contribution in [0.1, 0.15) is 6.92 Å². The normalized spacial score (nSPS) is 16.0. The smallest absolute Gasteiger partial charge is 0.317 e. The SMILES string of the molecule is CC1=NN(C)NC(NC(N)=O)=C1. The maximum Gasteiger partial charge on any atom is 0.317 e. The van der Waals surface area contributed by atoms with Gasteiger partial charge in [-0.05, 0) is 6.92 Å². The van der Waals surface area contributed by atoms with Crippen LogP contribution in [-0.4, -0.2) is 23.9 Å². The molecule has 2 amide bonds. The van der Waals surface area contributed by atoms with Crippen LogP contribution in [0.4, 0.5) is 4.79 Å². The van der Waals surface area contributed by atoms with Gasteiger partial charge >= 0.3 is 6.03 Å². The number of hydrogen-bond donors (Lipinski definition) is 3. The Morgan fingerprint density at radius 2 is 2.50 bits per heavy atom. The fourth-order valence-electron chi connectivity index (χ4n) is 0.903. The lowest BCUT2D eigenvalue weighted by Gasteiger charge is -2.22. The molecule has 0 aromatic heterocycles. The van der Waals surface area contributed by atoms with E-state index in [1.807, 2.05) is 6.92 Å². The number of carbonyl (C=O) groups is 1. The van der Waals surface area contributed by atoms with E-state index in [-0.39, 0.29) is 0 Å². The third kappa shape index (κ3) is 2.15. The zero-order valence-electron chi connectivity index (χ0n) is 6.96. The molecule has 0 spiro atoms. The van der Waals surface area contributed by atoms with Gasteiger partial charge in [0.15, 0.2) is 0 Å². The van der Waals surface area contributed by atoms with E-state index in [1.54, 1.807) is 13.1 Å². The van der Waals surface area contributed by atoms with Gasteiger partial charge in [0.25, 0.3) is 0 Å². The number of hydrogen-bond acceptors (Lipinski definition) is 4. The number of nitrogens with two attached hydrogens (primary N) is 1. The molecule has 66 valence electrons. The maximum absolute atomic E-state index is 10.5. The quantitative estimate of drug-likeness (QED) is 0.486. The second-order valence-corrected chi connectivity index (χ2v) is 2.42. The molecule has 0 unspecified atom stereocenters. The Kier molecular flexibility index (Phi) is 2.18. The van der Waals surface area contributed by atoms with Gasteiger partial charge in [-0.2, -0.15) is 5.10 Å². The lowest BCUT2D eigenvalue weighted by atomic mass is 10.4. The summed E-state index contributed by atoms with van der Waals surface area (Å²) >= 11 is 0. The highest BCUT2D eigenvalue weighted by Crippen LogP contribution is 1.96. The minimum Gasteiger partial charge on any atom is -0.351 e. The summed E-state index contributed by atoms with van der Waals surface area (Å²) in [6.07, 6.45) is 1.69. The molecule has 1 heterocycles. The molecule has 0 aromatic rings. The topological polar surface area (TPSA) is 82.8 Å². The lowest BCUT2D eigenvalue weighted by molar-refractivity contribution is 0.240. The first-order valence-electron chi connectivity index (χ1n) is 3.41. The number of carbonyl (C=O) groups excluding carboxylic acids is 1. The van der Waals surface area contributed by atoms with Crippen LogP contribution in [0.2, 0.25) is 0 Å². The molecule has 0 aliphatic carbocycles. The molecule has 6 nitrogen and oxygen atoms in total. The molecule has 0 saturated heterocycles. The van der Waals surface area contributed by atoms with E-state index in [9.17, 15) is 4.79 Å². The highest BCUT2D eigenvalue weighted by molar-refractivity contribution is 5.94. The first-order valence-corrected chi connectivity index (χ1v) is 3.41. The van der Waals surface area contributed by atoms with Gasteiger partial charge in [0.2, 0.25) is 0 Å². The fourth-order valence-corrected chi connectivity index (χ4v) is 0.903. The number of rotatable bonds is 1. The predicted octanol–water partition coefficient (Wildman–Crippen LogP) is -0.678. The van der Waals surface area contributed by atoms with Crippen LogP contribution < -0.4 is 16.5 Å². The van der Waals surface area contributed by atoms with E-state index in [2.05, 4.69) is 15.8 Å². The average Bonchev–Trinajstić information content (AvgIpc) is 1.81. The number of nitrogens with zero attached hydrogens (tertiary/aromatic N) is 2. The van der Waals surface area contributed by atoms with E-state index in [1.165, 1.54) is 5.12 Å². The predicted molar refractivity (Wildman–Crippen MR) is 44.8 cm³/mol. The first-order chi connectivity index (χ1) is 5.58. The zero-order valence-corrected chi connectivity index (χ0v) is 6.96. The molecule has 1 rings (SSSR count). The number of nitrogens with one attached hydrogen (secondary N) is 2. The van der Waals surface area contributed by atoms with Crippen LogP contribution in [-0.2, 0) is 0 Å². The van der Waals surface area contributed by atoms with Crippen molar-refractivity contribution in [3.63, 3.8) is 0 Å². The second-order valence-electron chi connectivity index (χ2n) is 2.42. The summed E-state index contributed by atoms with van der Waals surface area (Å²) in [7, 11) is 1.72. The first kappa shape index (κ1) is 8.38. The summed E-state index contributed by atoms with van der Waals surface area (Å²) in [4.78, 5) is 10.5. The minimum atomic E-state index is -0.600. The molecule has 1 aliphatic heterocycles. The van der Waals surface area contributed by atoms with E-state index >= 15 is 0 Å². The Bertz CT molecular complexity index is 257. The molecule has 0 atom stereocenters. The Balaban J connectivity index is 2.66. The highest BCUT2D eigenvalue weighted by Gasteiger charge is 2.07. The summed E-state index contributed by atoms with van der Waals surface area (Å²) < 4.78 is 0. The van der Waals surface area contributed by atoms with Gasteiger partial charge in [-0.1, -0.05) is 0 Å². The van der Waals surface area contributed by atoms with Crippen LogP contribution in [0.5, 0.6) is 0 Å². The molecular weight excluding hydrogens is 158 g/mol. The number of hydrazone groups is 1. The summed E-state index contributed by atoms with van der Waals surface area (Å²) in [6.45, 7) is 1.82. The minimum absolute atomic E-state index is 0.525. The van der Waals surface area contributed by atoms with Crippen molar-refractivity contribution in [3.05, 3.63) is 11.9 Å². The van der Waals surface area contributed by atoms with Crippen molar-refractivity contribution in [2.75, 3.05) is 7.05 Å². The number of primary amides is 1. The van der Waals surface area contributed by atoms with Crippen LogP contribution in [0.3, 0.4) is 0 Å². The standard InChI is InChI=1S/C6H11N5O/c1-4-3-5(8-6(7)12)10-11(2)9-4/h3,10H,1-2H3,(H3,7,8,12). The Morgan fingerprint density at radius 1 is 1.83 bits per heavy atom. The average molecular weight is 169 g/mol. The van der Waals surface area contributed by atoms with Crippen molar-refractivity contribution in [3.8, 4) is 0 Å². The molecule has 0 saturated carbocycles. The zero-order chi connectivity index (χ0) is 9.14. The summed E-state index contributed by atoms with van der Waals surface area (Å²) in [5.74, 6) is 0.525. The third-order valence-electron chi connectivity index (χ3n) is 1.20. The number of allylic oxidation sites excluding steroid dienone is 1. The monoisotopic (exact) mass is 169 g/mol. The molecule has 6 heteroatoms. The fraction of sp³-hybridized carbons (Fsp3) is 0.333. The number of amides is 2. The van der Waals surface area contributed by atoms with Crippen LogP contribution >= 0.6 is 0 Å². The molecule has 0 aromatic carbocycles. The van der Waals surface area contributed by atoms with Gasteiger partial charge in [-0.15, -0.1) is 0 Å². The third-order valence-corrected chi connectivity index (χ3v) is 1.20. The molecule has 0 radical (unpaired) electrons. The van der Waals surface area contributed by atoms with Crippen molar-refractivity contribution in [1.29, 1.82) is 0 Å². The summed E-state index contributed by atoms with van der Waals surface area (Å²) in [5.41, 5.74) is 8.49. The molecule has 4 N–H and O–H groups in total. The van der Waals surface area contributed by atoms with Crippen molar-refractivity contribution < 1.29 is 4.79 Å². The summed E-state index contributed by atoms with van der Waals surface area (Å²) in [5, 5.41) is 7.91. The van der Waals surface area contributed by atoms with Gasteiger partial charge in [0.05, 0.1) is 5.71 Å². The highest BCUT2D eigenvalue weighted by atomic mass is 16.2. The van der Waals surface area contributed by atoms with Crippen molar-refractivity contribution in [1.82, 2.24) is 15.9 Å². The van der Waals surface area contributed by atoms with Crippen LogP contribution in [0.25, 0.3) is 0 Å². The molecular formula is C6H11N5O. The molecule has 12 heavy (non-hydrogen) atoms. The van der Waals surface area contributed by atoms with Crippen molar-refractivity contribution in [2.24, 2.45) is 10.8 Å². The lowest BCUT2D eigenvalue weighted by Crippen LogP contribution is -2.42. The molecule has 0 bridgehead atoms. The van der Waals surface area contributed by atoms with Gasteiger partial charge in [0, 0.05) is 13.1 Å². The van der Waals surface area contributed by atoms with Gasteiger partial charge < -0.3 is 5.73 Å². The van der Waals surface area contributed by atoms with Crippen LogP contribution in [0, 0.1) is 0 Å². The summed E-state index contributed by atoms with van der Waals surface area (Å²) in [6, 6.07) is -0.600. The van der Waals surface area contributed by atoms with E-state index < -0.39 is 6.03 Å². The number of urea groups is 1. The van der Waals surface area contributed by atoms with Gasteiger partial charge in [-0.3, -0.25) is 10.7 Å². The molecule has 1 aliphatic rings. The Hall–Kier alpha value is -1.72. The largest absolute Gasteiger partial charge is 0.351 e. The molecule has 0 fully saturated rings. The second kappa shape index (κ2) is 3.12. The van der Waals surface area contributed by atoms with Gasteiger partial charge in [-0.25, -0.2) is 9.91 Å². The Morgan fingerprint density at radius 3 is 3.00 bits per heavy atom. The number of hydrazine groups is 1.